The minimum absolute atomic E-state index is 0.153. The number of benzene rings is 2. The number of nitrogens with one attached hydrogen (secondary N) is 1. The first kappa shape index (κ1) is 13.8. The van der Waals surface area contributed by atoms with Crippen molar-refractivity contribution in [2.45, 2.75) is 13.0 Å². The van der Waals surface area contributed by atoms with Gasteiger partial charge in [-0.15, -0.1) is 0 Å². The zero-order chi connectivity index (χ0) is 14.5. The molecule has 0 bridgehead atoms. The highest BCUT2D eigenvalue weighted by Crippen LogP contribution is 2.31. The Bertz CT molecular complexity index is 647. The van der Waals surface area contributed by atoms with E-state index < -0.39 is 0 Å². The second kappa shape index (κ2) is 5.98. The molecular weight excluding hydrogens is 252 g/mol. The van der Waals surface area contributed by atoms with E-state index in [9.17, 15) is 5.11 Å². The number of nitrogens with zero attached hydrogens (tertiary/aromatic N) is 1. The van der Waals surface area contributed by atoms with Crippen LogP contribution in [-0.2, 0) is 0 Å². The van der Waals surface area contributed by atoms with E-state index in [2.05, 4.69) is 11.4 Å². The number of hydrogen-bond acceptors (Lipinski definition) is 4. The molecule has 0 heterocycles. The van der Waals surface area contributed by atoms with E-state index >= 15 is 0 Å². The van der Waals surface area contributed by atoms with Crippen LogP contribution >= 0.6 is 0 Å². The number of rotatable bonds is 4. The molecule has 0 aromatic heterocycles. The molecule has 0 radical (unpaired) electrons. The standard InChI is InChI=1S/C16H16N2O2/c1-11(14-9-13(20-2)7-8-16(14)19)18-15-6-4-3-5-12(15)10-17/h3-9,11,18-19H,1-2H3. The van der Waals surface area contributed by atoms with Crippen LogP contribution in [0.2, 0.25) is 0 Å². The van der Waals surface area contributed by atoms with E-state index in [-0.39, 0.29) is 11.8 Å². The highest BCUT2D eigenvalue weighted by Gasteiger charge is 2.13. The minimum Gasteiger partial charge on any atom is -0.508 e. The molecule has 1 unspecified atom stereocenters. The van der Waals surface area contributed by atoms with Crippen LogP contribution in [0.4, 0.5) is 5.69 Å². The van der Waals surface area contributed by atoms with Crippen molar-refractivity contribution in [1.82, 2.24) is 0 Å². The van der Waals surface area contributed by atoms with Crippen molar-refractivity contribution in [2.24, 2.45) is 0 Å². The Labute approximate surface area is 118 Å². The molecule has 0 amide bonds. The van der Waals surface area contributed by atoms with Crippen LogP contribution in [0.1, 0.15) is 24.1 Å². The Balaban J connectivity index is 2.28. The van der Waals surface area contributed by atoms with Crippen LogP contribution in [0, 0.1) is 11.3 Å². The zero-order valence-electron chi connectivity index (χ0n) is 11.4. The fraction of sp³-hybridized carbons (Fsp3) is 0.188. The summed E-state index contributed by atoms with van der Waals surface area (Å²) in [4.78, 5) is 0. The van der Waals surface area contributed by atoms with Crippen molar-refractivity contribution >= 4 is 5.69 Å². The highest BCUT2D eigenvalue weighted by molar-refractivity contribution is 5.59. The third-order valence-corrected chi connectivity index (χ3v) is 3.12. The summed E-state index contributed by atoms with van der Waals surface area (Å²) in [5.74, 6) is 0.875. The molecule has 2 aromatic rings. The first-order valence-electron chi connectivity index (χ1n) is 6.28. The highest BCUT2D eigenvalue weighted by atomic mass is 16.5. The second-order valence-corrected chi connectivity index (χ2v) is 4.45. The van der Waals surface area contributed by atoms with Gasteiger partial charge in [-0.3, -0.25) is 0 Å². The van der Waals surface area contributed by atoms with Gasteiger partial charge in [-0.05, 0) is 37.3 Å². The molecule has 4 heteroatoms. The molecule has 2 rings (SSSR count). The van der Waals surface area contributed by atoms with Gasteiger partial charge in [0, 0.05) is 5.56 Å². The van der Waals surface area contributed by atoms with Gasteiger partial charge in [-0.25, -0.2) is 0 Å². The Morgan fingerprint density at radius 3 is 2.70 bits per heavy atom. The normalized spacial score (nSPS) is 11.4. The lowest BCUT2D eigenvalue weighted by Crippen LogP contribution is -2.08. The number of phenolic OH excluding ortho intramolecular Hbond substituents is 1. The molecule has 0 spiro atoms. The molecule has 4 nitrogen and oxygen atoms in total. The molecule has 2 aromatic carbocycles. The molecule has 0 saturated carbocycles. The van der Waals surface area contributed by atoms with Crippen LogP contribution in [0.25, 0.3) is 0 Å². The average molecular weight is 268 g/mol. The quantitative estimate of drug-likeness (QED) is 0.891. The van der Waals surface area contributed by atoms with Crippen molar-refractivity contribution in [3.05, 3.63) is 53.6 Å². The molecule has 0 aliphatic heterocycles. The van der Waals surface area contributed by atoms with E-state index in [1.165, 1.54) is 0 Å². The first-order chi connectivity index (χ1) is 9.65. The average Bonchev–Trinajstić information content (AvgIpc) is 2.48. The summed E-state index contributed by atoms with van der Waals surface area (Å²) >= 11 is 0. The van der Waals surface area contributed by atoms with Gasteiger partial charge in [0.05, 0.1) is 24.4 Å². The van der Waals surface area contributed by atoms with Crippen molar-refractivity contribution < 1.29 is 9.84 Å². The Morgan fingerprint density at radius 1 is 1.25 bits per heavy atom. The van der Waals surface area contributed by atoms with E-state index in [0.717, 1.165) is 11.3 Å². The van der Waals surface area contributed by atoms with Gasteiger partial charge in [0.15, 0.2) is 0 Å². The third kappa shape index (κ3) is 2.83. The Morgan fingerprint density at radius 2 is 2.00 bits per heavy atom. The van der Waals surface area contributed by atoms with E-state index in [1.807, 2.05) is 25.1 Å². The maximum Gasteiger partial charge on any atom is 0.121 e. The predicted octanol–water partition coefficient (Wildman–Crippen LogP) is 3.45. The number of ether oxygens (including phenoxy) is 1. The van der Waals surface area contributed by atoms with Gasteiger partial charge in [0.25, 0.3) is 0 Å². The molecule has 102 valence electrons. The zero-order valence-corrected chi connectivity index (χ0v) is 11.4. The smallest absolute Gasteiger partial charge is 0.121 e. The van der Waals surface area contributed by atoms with Crippen LogP contribution < -0.4 is 10.1 Å². The number of nitriles is 1. The van der Waals surface area contributed by atoms with Gasteiger partial charge >= 0.3 is 0 Å². The molecule has 2 N–H and O–H groups in total. The lowest BCUT2D eigenvalue weighted by atomic mass is 10.1. The number of anilines is 1. The van der Waals surface area contributed by atoms with Crippen molar-refractivity contribution in [1.29, 1.82) is 5.26 Å². The van der Waals surface area contributed by atoms with Crippen LogP contribution in [-0.4, -0.2) is 12.2 Å². The molecule has 20 heavy (non-hydrogen) atoms. The first-order valence-corrected chi connectivity index (χ1v) is 6.28. The maximum absolute atomic E-state index is 9.94. The number of para-hydroxylation sites is 1. The van der Waals surface area contributed by atoms with Crippen LogP contribution in [0.15, 0.2) is 42.5 Å². The summed E-state index contributed by atoms with van der Waals surface area (Å²) < 4.78 is 5.16. The fourth-order valence-electron chi connectivity index (χ4n) is 2.02. The minimum atomic E-state index is -0.153. The summed E-state index contributed by atoms with van der Waals surface area (Å²) in [5, 5.41) is 22.3. The van der Waals surface area contributed by atoms with Gasteiger partial charge < -0.3 is 15.2 Å². The maximum atomic E-state index is 9.94. The monoisotopic (exact) mass is 268 g/mol. The summed E-state index contributed by atoms with van der Waals surface area (Å²) in [5.41, 5.74) is 2.03. The Hall–Kier alpha value is -2.67. The SMILES string of the molecule is COc1ccc(O)c(C(C)Nc2ccccc2C#N)c1. The van der Waals surface area contributed by atoms with Crippen molar-refractivity contribution in [2.75, 3.05) is 12.4 Å². The summed E-state index contributed by atoms with van der Waals surface area (Å²) in [6, 6.07) is 14.3. The van der Waals surface area contributed by atoms with E-state index in [4.69, 9.17) is 10.00 Å². The number of methoxy groups -OCH3 is 1. The molecule has 1 atom stereocenters. The summed E-state index contributed by atoms with van der Waals surface area (Å²) in [6.45, 7) is 1.92. The third-order valence-electron chi connectivity index (χ3n) is 3.12. The predicted molar refractivity (Wildman–Crippen MR) is 77.9 cm³/mol. The summed E-state index contributed by atoms with van der Waals surface area (Å²) in [6.07, 6.45) is 0. The summed E-state index contributed by atoms with van der Waals surface area (Å²) in [7, 11) is 1.58. The van der Waals surface area contributed by atoms with Gasteiger partial charge in [0.2, 0.25) is 0 Å². The van der Waals surface area contributed by atoms with E-state index in [0.29, 0.717) is 11.3 Å². The molecule has 0 saturated heterocycles. The number of phenols is 1. The van der Waals surface area contributed by atoms with Gasteiger partial charge in [-0.2, -0.15) is 5.26 Å². The number of hydrogen-bond donors (Lipinski definition) is 2. The lowest BCUT2D eigenvalue weighted by Gasteiger charge is -2.18. The van der Waals surface area contributed by atoms with Crippen LogP contribution in [0.3, 0.4) is 0 Å². The van der Waals surface area contributed by atoms with Gasteiger partial charge in [-0.1, -0.05) is 12.1 Å². The topological polar surface area (TPSA) is 65.3 Å². The molecule has 0 fully saturated rings. The van der Waals surface area contributed by atoms with Crippen molar-refractivity contribution in [3.63, 3.8) is 0 Å². The van der Waals surface area contributed by atoms with E-state index in [1.54, 1.807) is 31.4 Å². The van der Waals surface area contributed by atoms with Gasteiger partial charge in [0.1, 0.15) is 17.6 Å². The second-order valence-electron chi connectivity index (χ2n) is 4.45. The fourth-order valence-corrected chi connectivity index (χ4v) is 2.02. The number of aromatic hydroxyl groups is 1. The Kier molecular flexibility index (Phi) is 4.11. The molecule has 0 aliphatic rings. The van der Waals surface area contributed by atoms with Crippen LogP contribution in [0.5, 0.6) is 11.5 Å². The molecule has 0 aliphatic carbocycles. The molecular formula is C16H16N2O2. The largest absolute Gasteiger partial charge is 0.508 e. The van der Waals surface area contributed by atoms with Crippen molar-refractivity contribution in [3.8, 4) is 17.6 Å². The lowest BCUT2D eigenvalue weighted by molar-refractivity contribution is 0.410.